The molecule has 1 fully saturated rings. The number of guanidine groups is 1. The largest absolute Gasteiger partial charge is 0.453 e. The molecule has 0 aromatic heterocycles. The third kappa shape index (κ3) is 26.6. The van der Waals surface area contributed by atoms with Crippen molar-refractivity contribution < 1.29 is 82.7 Å². The topological polar surface area (TPSA) is 529 Å². The fourth-order valence-electron chi connectivity index (χ4n) is 9.53. The Morgan fingerprint density at radius 1 is 0.674 bits per heavy atom. The Balaban J connectivity index is 3.15. The molecule has 0 aliphatic carbocycles. The van der Waals surface area contributed by atoms with Gasteiger partial charge in [0.15, 0.2) is 24.2 Å². The summed E-state index contributed by atoms with van der Waals surface area (Å²) in [4.78, 5) is 171. The Bertz CT molecular complexity index is 2720. The lowest BCUT2D eigenvalue weighted by molar-refractivity contribution is -0.159. The summed E-state index contributed by atoms with van der Waals surface area (Å²) in [5, 5.41) is 78.5. The number of benzene rings is 1. The van der Waals surface area contributed by atoms with Gasteiger partial charge in [0.2, 0.25) is 65.0 Å². The quantitative estimate of drug-likeness (QED) is 0.0239. The van der Waals surface area contributed by atoms with Gasteiger partial charge >= 0.3 is 5.97 Å². The van der Waals surface area contributed by atoms with E-state index in [1.807, 2.05) is 31.4 Å². The van der Waals surface area contributed by atoms with E-state index in [9.17, 15) is 73.2 Å². The number of hydrogen-bond donors (Lipinski definition) is 19. The van der Waals surface area contributed by atoms with Gasteiger partial charge in [-0.1, -0.05) is 120 Å². The number of nitrogens with one attached hydrogen (secondary N) is 12. The van der Waals surface area contributed by atoms with E-state index in [-0.39, 0.29) is 56.6 Å². The van der Waals surface area contributed by atoms with Crippen molar-refractivity contribution >= 4 is 76.9 Å². The zero-order valence-corrected chi connectivity index (χ0v) is 54.9. The Morgan fingerprint density at radius 2 is 1.21 bits per heavy atom. The molecule has 32 nitrogen and oxygen atoms in total. The van der Waals surface area contributed by atoms with Gasteiger partial charge in [-0.25, -0.2) is 4.79 Å². The van der Waals surface area contributed by atoms with Gasteiger partial charge in [-0.05, 0) is 73.2 Å². The summed E-state index contributed by atoms with van der Waals surface area (Å²) >= 11 is 0. The van der Waals surface area contributed by atoms with Crippen LogP contribution in [0, 0.1) is 34.0 Å². The number of cyclic esters (lactones) is 1. The average Bonchev–Trinajstić information content (AvgIpc) is 0.845. The fourth-order valence-corrected chi connectivity index (χ4v) is 9.53. The standard InChI is InChI=1S/C60H101N15O17/c1-14-30(6)39-53(87)73-40(31(7)77)52(86)66-26-38(78)71-42(45(80)47(62)81)55(89)70-37(27-76)57(91)92-46(32-19-16-15-17-20-32)43(75-51(85)36(25-60(11,12)13)69-48(82)33(61)24-59(8,9)10)56(90)74-41(44(79)29(4)5)54(88)68-35(23-28(2)3)50(84)67-34(49(83)72-39)21-18-22-65-58(63)64/h15-17,19-20,28-31,33-37,39-46,76-77,79-80H,14,18,21-27,61H2,1-13H3,(H2,62,81)(H,66,86)(H,67,84)(H,68,88)(H,69,82)(H,70,89)(H,71,78)(H,72,83)(H,73,87)(H,74,90)(H,75,85)(H4,63,64,65)/t30-,31-,33+,34+,35-,36-,37-,39-,40-,41-,42-,43-,44+,45-,46+/m0/s1. The Hall–Kier alpha value is -8.07. The number of nitrogens with two attached hydrogens (primary N) is 3. The van der Waals surface area contributed by atoms with Gasteiger partial charge < -0.3 is 101 Å². The molecule has 92 heavy (non-hydrogen) atoms. The van der Waals surface area contributed by atoms with Crippen LogP contribution in [-0.2, 0) is 62.3 Å². The SMILES string of the molecule is CC[C@H](C)[C@@H]1NC(=O)[C@@H](CCCNC(=N)N)NC(=O)[C@H](CC(C)C)NC(=O)[C@H]([C@H](O)C(C)C)NC(=O)[C@@H](NC(=O)[C@H](CC(C)(C)C)NC(=O)[C@H](N)CC(C)(C)C)[C@@H](c2ccccc2)OC(=O)[C@H](CO)NC(=O)[C@H]([C@H](O)C(N)=O)NC(=O)CNC(=O)[C@H]([C@H](C)O)NC1=O. The average molecular weight is 1300 g/mol. The van der Waals surface area contributed by atoms with Crippen LogP contribution < -0.4 is 75.7 Å². The number of hydrogen-bond acceptors (Lipinski definition) is 19. The van der Waals surface area contributed by atoms with Crippen molar-refractivity contribution in [2.75, 3.05) is 19.7 Å². The lowest BCUT2D eigenvalue weighted by atomic mass is 9.86. The molecule has 0 saturated carbocycles. The highest BCUT2D eigenvalue weighted by Gasteiger charge is 2.44. The number of rotatable bonds is 21. The van der Waals surface area contributed by atoms with E-state index >= 15 is 4.79 Å². The monoisotopic (exact) mass is 1300 g/mol. The fraction of sp³-hybridized carbons (Fsp3) is 0.683. The van der Waals surface area contributed by atoms with E-state index in [1.165, 1.54) is 44.2 Å². The summed E-state index contributed by atoms with van der Waals surface area (Å²) in [5.74, 6) is -17.0. The molecule has 0 unspecified atom stereocenters. The second-order valence-electron chi connectivity index (χ2n) is 26.4. The first-order valence-corrected chi connectivity index (χ1v) is 30.7. The number of aliphatic hydroxyl groups excluding tert-OH is 4. The number of amides is 11. The molecule has 1 heterocycles. The highest BCUT2D eigenvalue weighted by Crippen LogP contribution is 2.27. The molecule has 0 radical (unpaired) electrons. The molecule has 1 aromatic carbocycles. The number of carbonyl (C=O) groups excluding carboxylic acids is 12. The first kappa shape index (κ1) is 80.0. The van der Waals surface area contributed by atoms with Crippen LogP contribution in [0.25, 0.3) is 0 Å². The molecular formula is C60H101N15O17. The van der Waals surface area contributed by atoms with Crippen molar-refractivity contribution in [3.8, 4) is 0 Å². The Kier molecular flexibility index (Phi) is 32.0. The van der Waals surface area contributed by atoms with E-state index in [1.54, 1.807) is 48.5 Å². The molecule has 1 aromatic rings. The van der Waals surface area contributed by atoms with Crippen LogP contribution >= 0.6 is 0 Å². The molecular weight excluding hydrogens is 1200 g/mol. The predicted octanol–water partition coefficient (Wildman–Crippen LogP) is -4.44. The first-order valence-electron chi connectivity index (χ1n) is 30.7. The number of esters is 1. The van der Waals surface area contributed by atoms with Crippen LogP contribution in [0.3, 0.4) is 0 Å². The lowest BCUT2D eigenvalue weighted by Crippen LogP contribution is -2.64. The molecule has 11 amide bonds. The van der Waals surface area contributed by atoms with E-state index < -0.39 is 198 Å². The van der Waals surface area contributed by atoms with Crippen molar-refractivity contribution in [3.05, 3.63) is 35.9 Å². The van der Waals surface area contributed by atoms with Crippen molar-refractivity contribution in [2.24, 2.45) is 45.8 Å². The predicted molar refractivity (Wildman–Crippen MR) is 335 cm³/mol. The highest BCUT2D eigenvalue weighted by molar-refractivity contribution is 6.00. The molecule has 0 spiro atoms. The van der Waals surface area contributed by atoms with Gasteiger partial charge in [0.05, 0.1) is 31.4 Å². The minimum absolute atomic E-state index is 0.0129. The third-order valence-corrected chi connectivity index (χ3v) is 14.7. The number of ether oxygens (including phenoxy) is 1. The third-order valence-electron chi connectivity index (χ3n) is 14.7. The molecule has 0 bridgehead atoms. The molecule has 32 heteroatoms. The lowest BCUT2D eigenvalue weighted by Gasteiger charge is -2.34. The second kappa shape index (κ2) is 36.8. The zero-order chi connectivity index (χ0) is 70.3. The normalized spacial score (nSPS) is 24.7. The summed E-state index contributed by atoms with van der Waals surface area (Å²) in [6.45, 7) is 19.1. The first-order chi connectivity index (χ1) is 42.6. The van der Waals surface area contributed by atoms with Crippen molar-refractivity contribution in [2.45, 2.75) is 213 Å². The summed E-state index contributed by atoms with van der Waals surface area (Å²) in [6.07, 6.45) is -8.15. The van der Waals surface area contributed by atoms with Crippen LogP contribution in [0.5, 0.6) is 0 Å². The van der Waals surface area contributed by atoms with Crippen molar-refractivity contribution in [3.63, 3.8) is 0 Å². The number of primary amides is 1. The summed E-state index contributed by atoms with van der Waals surface area (Å²) in [7, 11) is 0. The van der Waals surface area contributed by atoms with Gasteiger partial charge in [0.1, 0.15) is 48.3 Å². The smallest absolute Gasteiger partial charge is 0.331 e. The summed E-state index contributed by atoms with van der Waals surface area (Å²) < 4.78 is 5.95. The molecule has 1 saturated heterocycles. The van der Waals surface area contributed by atoms with Gasteiger partial charge in [-0.3, -0.25) is 58.1 Å². The summed E-state index contributed by atoms with van der Waals surface area (Å²) in [5.41, 5.74) is 15.9. The van der Waals surface area contributed by atoms with Gasteiger partial charge in [0.25, 0.3) is 0 Å². The molecule has 22 N–H and O–H groups in total. The maximum atomic E-state index is 15.4. The van der Waals surface area contributed by atoms with Crippen LogP contribution in [0.4, 0.5) is 0 Å². The van der Waals surface area contributed by atoms with E-state index in [0.717, 1.165) is 6.92 Å². The molecule has 1 aliphatic rings. The van der Waals surface area contributed by atoms with E-state index in [0.29, 0.717) is 0 Å². The van der Waals surface area contributed by atoms with Gasteiger partial charge in [-0.2, -0.15) is 0 Å². The van der Waals surface area contributed by atoms with E-state index in [2.05, 4.69) is 47.9 Å². The minimum atomic E-state index is -2.58. The van der Waals surface area contributed by atoms with Gasteiger partial charge in [-0.15, -0.1) is 0 Å². The Morgan fingerprint density at radius 3 is 1.73 bits per heavy atom. The highest BCUT2D eigenvalue weighted by atomic mass is 16.5. The second-order valence-corrected chi connectivity index (χ2v) is 26.4. The number of aliphatic hydroxyl groups is 4. The van der Waals surface area contributed by atoms with Crippen LogP contribution in [0.2, 0.25) is 0 Å². The van der Waals surface area contributed by atoms with E-state index in [4.69, 9.17) is 27.3 Å². The maximum Gasteiger partial charge on any atom is 0.331 e. The van der Waals surface area contributed by atoms with Crippen LogP contribution in [0.15, 0.2) is 30.3 Å². The van der Waals surface area contributed by atoms with Crippen LogP contribution in [-0.4, -0.2) is 196 Å². The van der Waals surface area contributed by atoms with Crippen molar-refractivity contribution in [1.82, 2.24) is 58.5 Å². The van der Waals surface area contributed by atoms with Gasteiger partial charge in [0, 0.05) is 6.54 Å². The van der Waals surface area contributed by atoms with Crippen molar-refractivity contribution in [1.29, 1.82) is 5.41 Å². The Labute approximate surface area is 536 Å². The molecule has 2 rings (SSSR count). The minimum Gasteiger partial charge on any atom is -0.453 e. The molecule has 518 valence electrons. The maximum absolute atomic E-state index is 15.4. The summed E-state index contributed by atoms with van der Waals surface area (Å²) in [6, 6.07) is -10.9. The molecule has 15 atom stereocenters. The number of carbonyl (C=O) groups is 12. The zero-order valence-electron chi connectivity index (χ0n) is 54.9. The molecule has 1 aliphatic heterocycles. The van der Waals surface area contributed by atoms with Crippen LogP contribution in [0.1, 0.15) is 140 Å².